The molecular formula is C13H23NO2. The van der Waals surface area contributed by atoms with Gasteiger partial charge < -0.3 is 10.1 Å². The monoisotopic (exact) mass is 225 g/mol. The van der Waals surface area contributed by atoms with Crippen molar-refractivity contribution in [2.75, 3.05) is 14.2 Å². The number of ether oxygens (including phenoxy) is 1. The second-order valence-electron chi connectivity index (χ2n) is 2.84. The lowest BCUT2D eigenvalue weighted by atomic mass is 10.1. The summed E-state index contributed by atoms with van der Waals surface area (Å²) in [5.74, 6) is 0.594. The first-order chi connectivity index (χ1) is 7.60. The molecule has 3 nitrogen and oxygen atoms in total. The van der Waals surface area contributed by atoms with Crippen molar-refractivity contribution in [3.63, 3.8) is 0 Å². The maximum atomic E-state index is 10.9. The van der Waals surface area contributed by atoms with Gasteiger partial charge in [0.15, 0.2) is 0 Å². The Bertz CT molecular complexity index is 255. The third kappa shape index (κ3) is 10.6. The van der Waals surface area contributed by atoms with Gasteiger partial charge in [-0.15, -0.1) is 0 Å². The summed E-state index contributed by atoms with van der Waals surface area (Å²) in [5, 5.41) is 2.55. The number of hydrogen-bond acceptors (Lipinski definition) is 2. The highest BCUT2D eigenvalue weighted by Crippen LogP contribution is 2.05. The molecule has 0 aliphatic rings. The molecule has 0 aromatic heterocycles. The minimum atomic E-state index is 0.0186. The van der Waals surface area contributed by atoms with Gasteiger partial charge in [-0.05, 0) is 12.5 Å². The Labute approximate surface area is 98.9 Å². The van der Waals surface area contributed by atoms with Crippen LogP contribution in [0.5, 0.6) is 0 Å². The molecule has 0 heterocycles. The van der Waals surface area contributed by atoms with Gasteiger partial charge in [0.05, 0.1) is 7.11 Å². The zero-order valence-electron chi connectivity index (χ0n) is 10.8. The Morgan fingerprint density at radius 3 is 2.25 bits per heavy atom. The molecule has 1 N–H and O–H groups in total. The lowest BCUT2D eigenvalue weighted by Crippen LogP contribution is -2.16. The molecule has 16 heavy (non-hydrogen) atoms. The first-order valence-corrected chi connectivity index (χ1v) is 5.39. The number of nitrogens with one attached hydrogen (secondary N) is 1. The van der Waals surface area contributed by atoms with Crippen molar-refractivity contribution in [3.8, 4) is 0 Å². The molecule has 0 aliphatic carbocycles. The van der Waals surface area contributed by atoms with E-state index < -0.39 is 0 Å². The molecule has 0 rings (SSSR count). The summed E-state index contributed by atoms with van der Waals surface area (Å²) in [6, 6.07) is 0. The van der Waals surface area contributed by atoms with Crippen LogP contribution < -0.4 is 5.32 Å². The molecule has 0 atom stereocenters. The van der Waals surface area contributed by atoms with Crippen molar-refractivity contribution in [2.45, 2.75) is 26.7 Å². The molecule has 92 valence electrons. The van der Waals surface area contributed by atoms with Gasteiger partial charge >= 0.3 is 0 Å². The van der Waals surface area contributed by atoms with E-state index in [9.17, 15) is 4.79 Å². The van der Waals surface area contributed by atoms with E-state index in [0.717, 1.165) is 5.57 Å². The SMILES string of the molecule is C=C(/C=C\C(=C)OC)CCC(=O)NC.CC. The van der Waals surface area contributed by atoms with E-state index in [0.29, 0.717) is 18.6 Å². The zero-order chi connectivity index (χ0) is 13.0. The Morgan fingerprint density at radius 2 is 1.81 bits per heavy atom. The minimum absolute atomic E-state index is 0.0186. The number of allylic oxidation sites excluding steroid dienone is 3. The fraction of sp³-hybridized carbons (Fsp3) is 0.462. The molecule has 0 aliphatic heterocycles. The van der Waals surface area contributed by atoms with Gasteiger partial charge in [-0.1, -0.05) is 38.7 Å². The predicted octanol–water partition coefficient (Wildman–Crippen LogP) is 2.81. The Balaban J connectivity index is 0. The van der Waals surface area contributed by atoms with E-state index in [1.807, 2.05) is 13.8 Å². The van der Waals surface area contributed by atoms with Crippen LogP contribution in [0.4, 0.5) is 0 Å². The maximum Gasteiger partial charge on any atom is 0.220 e. The fourth-order valence-electron chi connectivity index (χ4n) is 0.761. The lowest BCUT2D eigenvalue weighted by Gasteiger charge is -2.00. The number of methoxy groups -OCH3 is 1. The average Bonchev–Trinajstić information content (AvgIpc) is 2.35. The summed E-state index contributed by atoms with van der Waals surface area (Å²) < 4.78 is 4.85. The number of rotatable bonds is 6. The van der Waals surface area contributed by atoms with Gasteiger partial charge in [0.25, 0.3) is 0 Å². The van der Waals surface area contributed by atoms with Gasteiger partial charge in [0.2, 0.25) is 5.91 Å². The number of carbonyl (C=O) groups excluding carboxylic acids is 1. The molecule has 0 saturated carbocycles. The van der Waals surface area contributed by atoms with Crippen molar-refractivity contribution < 1.29 is 9.53 Å². The summed E-state index contributed by atoms with van der Waals surface area (Å²) in [6.45, 7) is 11.4. The van der Waals surface area contributed by atoms with E-state index in [1.165, 1.54) is 0 Å². The normalized spacial score (nSPS) is 9.00. The molecule has 3 heteroatoms. The lowest BCUT2D eigenvalue weighted by molar-refractivity contribution is -0.120. The highest BCUT2D eigenvalue weighted by Gasteiger charge is 1.97. The average molecular weight is 225 g/mol. The summed E-state index contributed by atoms with van der Waals surface area (Å²) >= 11 is 0. The van der Waals surface area contributed by atoms with Gasteiger partial charge in [-0.3, -0.25) is 4.79 Å². The van der Waals surface area contributed by atoms with Crippen LogP contribution in [0.25, 0.3) is 0 Å². The number of hydrogen-bond donors (Lipinski definition) is 1. The summed E-state index contributed by atoms with van der Waals surface area (Å²) in [5.41, 5.74) is 0.881. The quantitative estimate of drug-likeness (QED) is 0.557. The molecule has 0 aromatic carbocycles. The molecular weight excluding hydrogens is 202 g/mol. The van der Waals surface area contributed by atoms with E-state index in [2.05, 4.69) is 18.5 Å². The van der Waals surface area contributed by atoms with Crippen LogP contribution >= 0.6 is 0 Å². The first kappa shape index (κ1) is 16.9. The molecule has 0 aromatic rings. The highest BCUT2D eigenvalue weighted by atomic mass is 16.5. The number of carbonyl (C=O) groups is 1. The molecule has 0 fully saturated rings. The second-order valence-corrected chi connectivity index (χ2v) is 2.84. The van der Waals surface area contributed by atoms with Crippen molar-refractivity contribution >= 4 is 5.91 Å². The van der Waals surface area contributed by atoms with Crippen LogP contribution in [0.3, 0.4) is 0 Å². The Hall–Kier alpha value is -1.51. The smallest absolute Gasteiger partial charge is 0.220 e. The van der Waals surface area contributed by atoms with Crippen LogP contribution in [0, 0.1) is 0 Å². The maximum absolute atomic E-state index is 10.9. The molecule has 0 radical (unpaired) electrons. The molecule has 0 unspecified atom stereocenters. The summed E-state index contributed by atoms with van der Waals surface area (Å²) in [6.07, 6.45) is 4.63. The Kier molecular flexibility index (Phi) is 12.2. The molecule has 1 amide bonds. The van der Waals surface area contributed by atoms with Gasteiger partial charge in [0, 0.05) is 13.5 Å². The molecule has 0 spiro atoms. The topological polar surface area (TPSA) is 38.3 Å². The highest BCUT2D eigenvalue weighted by molar-refractivity contribution is 5.75. The van der Waals surface area contributed by atoms with Gasteiger partial charge in [0.1, 0.15) is 5.76 Å². The standard InChI is InChI=1S/C11H17NO2.C2H6/c1-9(5-7-10(2)14-4)6-8-11(13)12-3;1-2/h5,7H,1-2,6,8H2,3-4H3,(H,12,13);1-2H3/b7-5-;. The van der Waals surface area contributed by atoms with Crippen molar-refractivity contribution in [3.05, 3.63) is 36.6 Å². The molecule has 0 saturated heterocycles. The number of amides is 1. The van der Waals surface area contributed by atoms with Crippen LogP contribution in [0.15, 0.2) is 36.6 Å². The van der Waals surface area contributed by atoms with Crippen LogP contribution in [0.2, 0.25) is 0 Å². The zero-order valence-corrected chi connectivity index (χ0v) is 10.8. The summed E-state index contributed by atoms with van der Waals surface area (Å²) in [7, 11) is 3.17. The van der Waals surface area contributed by atoms with Gasteiger partial charge in [-0.2, -0.15) is 0 Å². The Morgan fingerprint density at radius 1 is 1.25 bits per heavy atom. The van der Waals surface area contributed by atoms with Crippen LogP contribution in [0.1, 0.15) is 26.7 Å². The van der Waals surface area contributed by atoms with Crippen LogP contribution in [-0.4, -0.2) is 20.1 Å². The second kappa shape index (κ2) is 11.6. The first-order valence-electron chi connectivity index (χ1n) is 5.39. The van der Waals surface area contributed by atoms with E-state index in [1.54, 1.807) is 26.3 Å². The van der Waals surface area contributed by atoms with Crippen molar-refractivity contribution in [1.29, 1.82) is 0 Å². The van der Waals surface area contributed by atoms with Gasteiger partial charge in [-0.25, -0.2) is 0 Å². The predicted molar refractivity (Wildman–Crippen MR) is 69.1 cm³/mol. The fourth-order valence-corrected chi connectivity index (χ4v) is 0.761. The third-order valence-electron chi connectivity index (χ3n) is 1.72. The van der Waals surface area contributed by atoms with E-state index >= 15 is 0 Å². The van der Waals surface area contributed by atoms with Crippen molar-refractivity contribution in [1.82, 2.24) is 5.32 Å². The van der Waals surface area contributed by atoms with E-state index in [-0.39, 0.29) is 5.91 Å². The minimum Gasteiger partial charge on any atom is -0.497 e. The third-order valence-corrected chi connectivity index (χ3v) is 1.72. The largest absolute Gasteiger partial charge is 0.497 e. The van der Waals surface area contributed by atoms with Crippen LogP contribution in [-0.2, 0) is 9.53 Å². The van der Waals surface area contributed by atoms with E-state index in [4.69, 9.17) is 4.74 Å². The molecule has 0 bridgehead atoms. The summed E-state index contributed by atoms with van der Waals surface area (Å²) in [4.78, 5) is 10.9. The van der Waals surface area contributed by atoms with Crippen molar-refractivity contribution in [2.24, 2.45) is 0 Å².